The Labute approximate surface area is 98.8 Å². The minimum absolute atomic E-state index is 0.0637. The highest BCUT2D eigenvalue weighted by molar-refractivity contribution is 5.52. The van der Waals surface area contributed by atoms with E-state index in [2.05, 4.69) is 0 Å². The van der Waals surface area contributed by atoms with Crippen LogP contribution in [-0.2, 0) is 0 Å². The zero-order valence-corrected chi connectivity index (χ0v) is 9.26. The molecule has 0 radical (unpaired) electrons. The summed E-state index contributed by atoms with van der Waals surface area (Å²) < 4.78 is 5.65. The predicted molar refractivity (Wildman–Crippen MR) is 60.7 cm³/mol. The molecule has 17 heavy (non-hydrogen) atoms. The summed E-state index contributed by atoms with van der Waals surface area (Å²) in [6, 6.07) is 6.18. The number of nitriles is 1. The summed E-state index contributed by atoms with van der Waals surface area (Å²) in [4.78, 5) is 10.2. The van der Waals surface area contributed by atoms with Crippen LogP contribution in [0.5, 0.6) is 5.75 Å². The lowest BCUT2D eigenvalue weighted by molar-refractivity contribution is -0.385. The van der Waals surface area contributed by atoms with E-state index >= 15 is 0 Å². The van der Waals surface area contributed by atoms with Gasteiger partial charge in [-0.2, -0.15) is 5.26 Å². The maximum Gasteiger partial charge on any atom is 0.290 e. The van der Waals surface area contributed by atoms with Crippen LogP contribution in [0.25, 0.3) is 0 Å². The molecule has 0 N–H and O–H groups in total. The van der Waals surface area contributed by atoms with Gasteiger partial charge in [0.2, 0.25) is 0 Å². The summed E-state index contributed by atoms with van der Waals surface area (Å²) in [5.74, 6) is 0.475. The van der Waals surface area contributed by atoms with Gasteiger partial charge in [0.25, 0.3) is 5.69 Å². The first-order chi connectivity index (χ1) is 8.20. The molecule has 0 bridgehead atoms. The minimum atomic E-state index is -0.555. The molecule has 88 valence electrons. The fourth-order valence-electron chi connectivity index (χ4n) is 2.03. The lowest BCUT2D eigenvalue weighted by atomic mass is 10.2. The Morgan fingerprint density at radius 1 is 1.41 bits per heavy atom. The van der Waals surface area contributed by atoms with Crippen LogP contribution in [0.15, 0.2) is 18.2 Å². The molecule has 0 spiro atoms. The summed E-state index contributed by atoms with van der Waals surface area (Å²) >= 11 is 0. The number of nitrogens with zero attached hydrogens (tertiary/aromatic N) is 2. The van der Waals surface area contributed by atoms with E-state index in [0.717, 1.165) is 25.7 Å². The van der Waals surface area contributed by atoms with Gasteiger partial charge in [-0.15, -0.1) is 0 Å². The molecule has 0 saturated heterocycles. The Balaban J connectivity index is 2.21. The third kappa shape index (κ3) is 2.53. The molecule has 1 saturated carbocycles. The molecule has 1 aromatic rings. The molecular weight excluding hydrogens is 220 g/mol. The van der Waals surface area contributed by atoms with Crippen molar-refractivity contribution in [3.63, 3.8) is 0 Å². The first-order valence-corrected chi connectivity index (χ1v) is 5.56. The smallest absolute Gasteiger partial charge is 0.290 e. The second-order valence-corrected chi connectivity index (χ2v) is 4.07. The average Bonchev–Trinajstić information content (AvgIpc) is 2.81. The molecule has 5 nitrogen and oxygen atoms in total. The molecule has 1 fully saturated rings. The maximum atomic E-state index is 10.8. The summed E-state index contributed by atoms with van der Waals surface area (Å²) in [6.07, 6.45) is 4.43. The van der Waals surface area contributed by atoms with Crippen molar-refractivity contribution in [1.29, 1.82) is 5.26 Å². The minimum Gasteiger partial charge on any atom is -0.490 e. The van der Waals surface area contributed by atoms with Gasteiger partial charge in [-0.25, -0.2) is 0 Å². The third-order valence-electron chi connectivity index (χ3n) is 2.89. The average molecular weight is 232 g/mol. The molecular formula is C12H12N2O3. The van der Waals surface area contributed by atoms with Crippen LogP contribution in [0.3, 0.4) is 0 Å². The van der Waals surface area contributed by atoms with Gasteiger partial charge >= 0.3 is 0 Å². The van der Waals surface area contributed by atoms with Crippen molar-refractivity contribution in [2.75, 3.05) is 0 Å². The first-order valence-electron chi connectivity index (χ1n) is 5.56. The van der Waals surface area contributed by atoms with Crippen molar-refractivity contribution in [3.05, 3.63) is 33.9 Å². The van der Waals surface area contributed by atoms with Gasteiger partial charge in [-0.05, 0) is 37.8 Å². The molecule has 2 rings (SSSR count). The lowest BCUT2D eigenvalue weighted by Crippen LogP contribution is -2.11. The Morgan fingerprint density at radius 2 is 2.12 bits per heavy atom. The third-order valence-corrected chi connectivity index (χ3v) is 2.89. The van der Waals surface area contributed by atoms with Crippen LogP contribution < -0.4 is 4.74 Å². The van der Waals surface area contributed by atoms with Crippen molar-refractivity contribution >= 4 is 5.69 Å². The number of ether oxygens (including phenoxy) is 1. The molecule has 1 aliphatic carbocycles. The second kappa shape index (κ2) is 4.83. The largest absolute Gasteiger partial charge is 0.490 e. The zero-order valence-electron chi connectivity index (χ0n) is 9.26. The van der Waals surface area contributed by atoms with Crippen molar-refractivity contribution in [2.45, 2.75) is 31.8 Å². The molecule has 0 aliphatic heterocycles. The van der Waals surface area contributed by atoms with Crippen LogP contribution in [0.2, 0.25) is 0 Å². The van der Waals surface area contributed by atoms with Gasteiger partial charge in [0.1, 0.15) is 17.4 Å². The van der Waals surface area contributed by atoms with Crippen LogP contribution in [0, 0.1) is 21.4 Å². The molecule has 0 heterocycles. The molecule has 1 aliphatic rings. The van der Waals surface area contributed by atoms with Gasteiger partial charge in [-0.3, -0.25) is 10.1 Å². The van der Waals surface area contributed by atoms with E-state index in [0.29, 0.717) is 5.75 Å². The number of hydrogen-bond donors (Lipinski definition) is 0. The van der Waals surface area contributed by atoms with Crippen LogP contribution in [0.4, 0.5) is 5.69 Å². The van der Waals surface area contributed by atoms with Crippen molar-refractivity contribution in [2.24, 2.45) is 0 Å². The first kappa shape index (κ1) is 11.4. The van der Waals surface area contributed by atoms with Gasteiger partial charge in [0.05, 0.1) is 17.1 Å². The Bertz CT molecular complexity index is 473. The molecule has 1 aromatic carbocycles. The fourth-order valence-corrected chi connectivity index (χ4v) is 2.03. The number of hydrogen-bond acceptors (Lipinski definition) is 4. The summed E-state index contributed by atoms with van der Waals surface area (Å²) in [5.41, 5.74) is -0.128. The van der Waals surface area contributed by atoms with E-state index in [4.69, 9.17) is 10.00 Å². The molecule has 0 atom stereocenters. The van der Waals surface area contributed by atoms with Gasteiger partial charge < -0.3 is 4.74 Å². The summed E-state index contributed by atoms with van der Waals surface area (Å²) in [5, 5.41) is 19.5. The molecule has 5 heteroatoms. The number of benzene rings is 1. The van der Waals surface area contributed by atoms with Crippen molar-refractivity contribution < 1.29 is 9.66 Å². The topological polar surface area (TPSA) is 76.2 Å². The van der Waals surface area contributed by atoms with Gasteiger partial charge in [-0.1, -0.05) is 0 Å². The number of rotatable bonds is 3. The summed E-state index contributed by atoms with van der Waals surface area (Å²) in [7, 11) is 0. The SMILES string of the molecule is N#Cc1ccc(OC2CCCC2)cc1[N+](=O)[O-]. The van der Waals surface area contributed by atoms with E-state index in [1.54, 1.807) is 12.1 Å². The van der Waals surface area contributed by atoms with E-state index in [1.807, 2.05) is 0 Å². The predicted octanol–water partition coefficient (Wildman–Crippen LogP) is 2.79. The van der Waals surface area contributed by atoms with E-state index in [1.165, 1.54) is 12.1 Å². The summed E-state index contributed by atoms with van der Waals surface area (Å²) in [6.45, 7) is 0. The quantitative estimate of drug-likeness (QED) is 0.593. The van der Waals surface area contributed by atoms with Crippen LogP contribution in [0.1, 0.15) is 31.2 Å². The lowest BCUT2D eigenvalue weighted by Gasteiger charge is -2.12. The molecule has 0 amide bonds. The van der Waals surface area contributed by atoms with Gasteiger partial charge in [0.15, 0.2) is 0 Å². The fraction of sp³-hybridized carbons (Fsp3) is 0.417. The second-order valence-electron chi connectivity index (χ2n) is 4.07. The maximum absolute atomic E-state index is 10.8. The normalized spacial score (nSPS) is 15.5. The Hall–Kier alpha value is -2.09. The molecule has 0 aromatic heterocycles. The number of nitro benzene ring substituents is 1. The van der Waals surface area contributed by atoms with Crippen LogP contribution in [-0.4, -0.2) is 11.0 Å². The van der Waals surface area contributed by atoms with E-state index < -0.39 is 4.92 Å². The Kier molecular flexibility index (Phi) is 3.24. The highest BCUT2D eigenvalue weighted by atomic mass is 16.6. The van der Waals surface area contributed by atoms with Gasteiger partial charge in [0, 0.05) is 0 Å². The van der Waals surface area contributed by atoms with Crippen molar-refractivity contribution in [1.82, 2.24) is 0 Å². The monoisotopic (exact) mass is 232 g/mol. The van der Waals surface area contributed by atoms with E-state index in [-0.39, 0.29) is 17.4 Å². The standard InChI is InChI=1S/C12H12N2O3/c13-8-9-5-6-11(7-12(9)14(15)16)17-10-3-1-2-4-10/h5-7,10H,1-4H2. The zero-order chi connectivity index (χ0) is 12.3. The number of nitro groups is 1. The van der Waals surface area contributed by atoms with Crippen molar-refractivity contribution in [3.8, 4) is 11.8 Å². The van der Waals surface area contributed by atoms with Crippen LogP contribution >= 0.6 is 0 Å². The molecule has 0 unspecified atom stereocenters. The Morgan fingerprint density at radius 3 is 2.71 bits per heavy atom. The highest BCUT2D eigenvalue weighted by Crippen LogP contribution is 2.28. The highest BCUT2D eigenvalue weighted by Gasteiger charge is 2.19. The van der Waals surface area contributed by atoms with E-state index in [9.17, 15) is 10.1 Å².